The standard InChI is InChI=1S/C12H12Cl2N2O3/c13-6-8-4-5-15(7-8)12(17)11-9(14)2-1-3-10(11)16(18)19/h1-3,8H,4-7H2. The zero-order chi connectivity index (χ0) is 14.0. The SMILES string of the molecule is O=C(c1c(Cl)cccc1[N+](=O)[O-])N1CCC(CCl)C1. The predicted octanol–water partition coefficient (Wildman–Crippen LogP) is 2.95. The summed E-state index contributed by atoms with van der Waals surface area (Å²) < 4.78 is 0. The number of carbonyl (C=O) groups excluding carboxylic acids is 1. The molecule has 1 atom stereocenters. The molecule has 102 valence electrons. The van der Waals surface area contributed by atoms with Crippen molar-refractivity contribution < 1.29 is 9.72 Å². The Balaban J connectivity index is 2.31. The molecule has 0 bridgehead atoms. The number of halogens is 2. The lowest BCUT2D eigenvalue weighted by molar-refractivity contribution is -0.385. The van der Waals surface area contributed by atoms with Crippen molar-refractivity contribution in [2.24, 2.45) is 5.92 Å². The molecule has 7 heteroatoms. The van der Waals surface area contributed by atoms with Crippen LogP contribution in [0.4, 0.5) is 5.69 Å². The molecule has 1 heterocycles. The van der Waals surface area contributed by atoms with Crippen LogP contribution in [0.25, 0.3) is 0 Å². The first-order valence-corrected chi connectivity index (χ1v) is 6.74. The van der Waals surface area contributed by atoms with Gasteiger partial charge in [-0.05, 0) is 18.4 Å². The molecule has 0 aromatic heterocycles. The van der Waals surface area contributed by atoms with Gasteiger partial charge in [-0.15, -0.1) is 11.6 Å². The van der Waals surface area contributed by atoms with Gasteiger partial charge in [-0.2, -0.15) is 0 Å². The summed E-state index contributed by atoms with van der Waals surface area (Å²) in [4.78, 5) is 24.3. The average Bonchev–Trinajstić information content (AvgIpc) is 2.86. The lowest BCUT2D eigenvalue weighted by Crippen LogP contribution is -2.29. The van der Waals surface area contributed by atoms with Crippen molar-refractivity contribution in [3.05, 3.63) is 38.9 Å². The van der Waals surface area contributed by atoms with Crippen LogP contribution in [0.3, 0.4) is 0 Å². The Labute approximate surface area is 120 Å². The third kappa shape index (κ3) is 2.82. The van der Waals surface area contributed by atoms with Crippen LogP contribution in [0.5, 0.6) is 0 Å². The minimum absolute atomic E-state index is 0.0376. The number of benzene rings is 1. The van der Waals surface area contributed by atoms with Gasteiger partial charge in [-0.3, -0.25) is 14.9 Å². The van der Waals surface area contributed by atoms with Crippen LogP contribution in [0.2, 0.25) is 5.02 Å². The Bertz CT molecular complexity index is 522. The lowest BCUT2D eigenvalue weighted by atomic mass is 10.1. The minimum atomic E-state index is -0.589. The summed E-state index contributed by atoms with van der Waals surface area (Å²) in [6.45, 7) is 1.07. The van der Waals surface area contributed by atoms with Gasteiger partial charge in [0.25, 0.3) is 11.6 Å². The summed E-state index contributed by atoms with van der Waals surface area (Å²) in [5.74, 6) is 0.325. The molecule has 1 unspecified atom stereocenters. The van der Waals surface area contributed by atoms with Gasteiger partial charge >= 0.3 is 0 Å². The Kier molecular flexibility index (Phi) is 4.27. The van der Waals surface area contributed by atoms with Crippen LogP contribution >= 0.6 is 23.2 Å². The van der Waals surface area contributed by atoms with Crippen molar-refractivity contribution in [3.63, 3.8) is 0 Å². The molecule has 2 rings (SSSR count). The number of carbonyl (C=O) groups is 1. The maximum Gasteiger partial charge on any atom is 0.283 e. The predicted molar refractivity (Wildman–Crippen MR) is 72.8 cm³/mol. The Morgan fingerprint density at radius 2 is 2.26 bits per heavy atom. The van der Waals surface area contributed by atoms with Crippen molar-refractivity contribution in [1.29, 1.82) is 0 Å². The molecule has 1 aromatic carbocycles. The number of likely N-dealkylation sites (tertiary alicyclic amines) is 1. The van der Waals surface area contributed by atoms with Crippen molar-refractivity contribution in [2.45, 2.75) is 6.42 Å². The van der Waals surface area contributed by atoms with E-state index in [1.165, 1.54) is 18.2 Å². The smallest absolute Gasteiger partial charge is 0.283 e. The van der Waals surface area contributed by atoms with Gasteiger partial charge in [-0.1, -0.05) is 17.7 Å². The van der Waals surface area contributed by atoms with E-state index in [9.17, 15) is 14.9 Å². The molecule has 0 radical (unpaired) electrons. The number of hydrogen-bond acceptors (Lipinski definition) is 3. The van der Waals surface area contributed by atoms with E-state index in [0.717, 1.165) is 6.42 Å². The van der Waals surface area contributed by atoms with Gasteiger partial charge in [0.15, 0.2) is 0 Å². The van der Waals surface area contributed by atoms with E-state index >= 15 is 0 Å². The molecule has 5 nitrogen and oxygen atoms in total. The topological polar surface area (TPSA) is 63.4 Å². The Hall–Kier alpha value is -1.33. The van der Waals surface area contributed by atoms with E-state index < -0.39 is 10.8 Å². The highest BCUT2D eigenvalue weighted by Crippen LogP contribution is 2.29. The summed E-state index contributed by atoms with van der Waals surface area (Å²) >= 11 is 11.7. The number of nitrogens with zero attached hydrogens (tertiary/aromatic N) is 2. The Morgan fingerprint density at radius 1 is 1.53 bits per heavy atom. The van der Waals surface area contributed by atoms with Crippen molar-refractivity contribution >= 4 is 34.8 Å². The van der Waals surface area contributed by atoms with Crippen LogP contribution < -0.4 is 0 Å². The number of alkyl halides is 1. The molecule has 1 saturated heterocycles. The Morgan fingerprint density at radius 3 is 2.84 bits per heavy atom. The summed E-state index contributed by atoms with van der Waals surface area (Å²) in [5, 5.41) is 11.1. The quantitative estimate of drug-likeness (QED) is 0.490. The first kappa shape index (κ1) is 14.1. The molecule has 1 fully saturated rings. The van der Waals surface area contributed by atoms with E-state index in [-0.39, 0.29) is 22.2 Å². The minimum Gasteiger partial charge on any atom is -0.338 e. The number of rotatable bonds is 3. The second-order valence-electron chi connectivity index (χ2n) is 4.45. The second-order valence-corrected chi connectivity index (χ2v) is 5.17. The highest BCUT2D eigenvalue weighted by Gasteiger charge is 2.31. The zero-order valence-corrected chi connectivity index (χ0v) is 11.5. The summed E-state index contributed by atoms with van der Waals surface area (Å²) in [6, 6.07) is 4.23. The van der Waals surface area contributed by atoms with E-state index in [1.54, 1.807) is 4.90 Å². The first-order chi connectivity index (χ1) is 9.04. The van der Waals surface area contributed by atoms with Crippen molar-refractivity contribution in [3.8, 4) is 0 Å². The fourth-order valence-corrected chi connectivity index (χ4v) is 2.68. The molecule has 1 amide bonds. The van der Waals surface area contributed by atoms with Crippen LogP contribution in [0, 0.1) is 16.0 Å². The maximum absolute atomic E-state index is 12.3. The van der Waals surface area contributed by atoms with Crippen LogP contribution in [0.1, 0.15) is 16.8 Å². The molecule has 0 N–H and O–H groups in total. The third-order valence-electron chi connectivity index (χ3n) is 3.19. The van der Waals surface area contributed by atoms with Crippen molar-refractivity contribution in [2.75, 3.05) is 19.0 Å². The van der Waals surface area contributed by atoms with Gasteiger partial charge < -0.3 is 4.90 Å². The zero-order valence-electron chi connectivity index (χ0n) is 10.0. The summed E-state index contributed by atoms with van der Waals surface area (Å²) in [5.41, 5.74) is -0.295. The van der Waals surface area contributed by atoms with Gasteiger partial charge in [0.05, 0.1) is 9.95 Å². The number of nitro groups is 1. The molecule has 0 aliphatic carbocycles. The summed E-state index contributed by atoms with van der Waals surface area (Å²) in [7, 11) is 0. The van der Waals surface area contributed by atoms with Crippen molar-refractivity contribution in [1.82, 2.24) is 4.90 Å². The van der Waals surface area contributed by atoms with E-state index in [4.69, 9.17) is 23.2 Å². The average molecular weight is 303 g/mol. The van der Waals surface area contributed by atoms with Crippen LogP contribution in [0.15, 0.2) is 18.2 Å². The van der Waals surface area contributed by atoms with Gasteiger partial charge in [-0.25, -0.2) is 0 Å². The molecule has 0 saturated carbocycles. The monoisotopic (exact) mass is 302 g/mol. The first-order valence-electron chi connectivity index (χ1n) is 5.82. The number of nitro benzene ring substituents is 1. The van der Waals surface area contributed by atoms with E-state index in [2.05, 4.69) is 0 Å². The van der Waals surface area contributed by atoms with Crippen LogP contribution in [-0.4, -0.2) is 34.7 Å². The number of hydrogen-bond donors (Lipinski definition) is 0. The summed E-state index contributed by atoms with van der Waals surface area (Å²) in [6.07, 6.45) is 0.813. The maximum atomic E-state index is 12.3. The lowest BCUT2D eigenvalue weighted by Gasteiger charge is -2.16. The van der Waals surface area contributed by atoms with Gasteiger partial charge in [0.2, 0.25) is 0 Å². The van der Waals surface area contributed by atoms with E-state index in [1.807, 2.05) is 0 Å². The number of amides is 1. The van der Waals surface area contributed by atoms with Gasteiger partial charge in [0, 0.05) is 25.0 Å². The highest BCUT2D eigenvalue weighted by molar-refractivity contribution is 6.34. The molecule has 1 aliphatic rings. The van der Waals surface area contributed by atoms with E-state index in [0.29, 0.717) is 19.0 Å². The largest absolute Gasteiger partial charge is 0.338 e. The molecule has 19 heavy (non-hydrogen) atoms. The molecular weight excluding hydrogens is 291 g/mol. The second kappa shape index (κ2) is 5.75. The molecular formula is C12H12Cl2N2O3. The fraction of sp³-hybridized carbons (Fsp3) is 0.417. The molecule has 1 aliphatic heterocycles. The fourth-order valence-electron chi connectivity index (χ4n) is 2.18. The van der Waals surface area contributed by atoms with Crippen LogP contribution in [-0.2, 0) is 0 Å². The van der Waals surface area contributed by atoms with Gasteiger partial charge in [0.1, 0.15) is 5.56 Å². The molecule has 1 aromatic rings. The third-order valence-corrected chi connectivity index (χ3v) is 3.94. The molecule has 0 spiro atoms. The normalized spacial score (nSPS) is 18.6. The highest BCUT2D eigenvalue weighted by atomic mass is 35.5.